The number of likely N-dealkylation sites (tertiary alicyclic amines) is 1. The molecule has 34 heavy (non-hydrogen) atoms. The quantitative estimate of drug-likeness (QED) is 0.467. The topological polar surface area (TPSA) is 141 Å². The predicted octanol–water partition coefficient (Wildman–Crippen LogP) is 0.517. The lowest BCUT2D eigenvalue weighted by atomic mass is 10.2. The number of amides is 2. The Morgan fingerprint density at radius 3 is 2.47 bits per heavy atom. The molecule has 0 atom stereocenters. The van der Waals surface area contributed by atoms with Crippen LogP contribution in [0.5, 0.6) is 0 Å². The van der Waals surface area contributed by atoms with E-state index in [1.54, 1.807) is 19.1 Å². The van der Waals surface area contributed by atoms with Crippen LogP contribution in [0.4, 0.5) is 0 Å². The Morgan fingerprint density at radius 2 is 1.82 bits per heavy atom. The van der Waals surface area contributed by atoms with Crippen LogP contribution in [0.1, 0.15) is 30.1 Å². The van der Waals surface area contributed by atoms with Gasteiger partial charge in [-0.25, -0.2) is 13.2 Å². The highest BCUT2D eigenvalue weighted by molar-refractivity contribution is 7.92. The summed E-state index contributed by atoms with van der Waals surface area (Å²) in [4.78, 5) is 54.1. The minimum absolute atomic E-state index is 0.0625. The molecule has 0 bridgehead atoms. The summed E-state index contributed by atoms with van der Waals surface area (Å²) in [6, 6.07) is 4.64. The Labute approximate surface area is 199 Å². The number of fused-ring (bicyclic) bond motifs is 1. The number of methoxy groups -OCH3 is 1. The number of esters is 2. The molecule has 1 aromatic heterocycles. The van der Waals surface area contributed by atoms with E-state index in [1.807, 2.05) is 0 Å². The number of benzene rings is 1. The molecule has 1 aliphatic heterocycles. The third kappa shape index (κ3) is 6.29. The van der Waals surface area contributed by atoms with Crippen molar-refractivity contribution in [3.8, 4) is 0 Å². The first-order valence-corrected chi connectivity index (χ1v) is 13.2. The van der Waals surface area contributed by atoms with Crippen molar-refractivity contribution >= 4 is 55.1 Å². The van der Waals surface area contributed by atoms with Gasteiger partial charge in [0, 0.05) is 13.1 Å². The van der Waals surface area contributed by atoms with E-state index in [9.17, 15) is 27.6 Å². The van der Waals surface area contributed by atoms with Gasteiger partial charge in [-0.3, -0.25) is 14.4 Å². The highest BCUT2D eigenvalue weighted by Gasteiger charge is 2.26. The van der Waals surface area contributed by atoms with E-state index in [4.69, 9.17) is 9.47 Å². The van der Waals surface area contributed by atoms with Crippen molar-refractivity contribution in [2.24, 2.45) is 4.99 Å². The van der Waals surface area contributed by atoms with Crippen molar-refractivity contribution in [1.29, 1.82) is 0 Å². The number of ether oxygens (including phenoxy) is 2. The van der Waals surface area contributed by atoms with Gasteiger partial charge < -0.3 is 18.9 Å². The van der Waals surface area contributed by atoms with Gasteiger partial charge in [-0.05, 0) is 38.0 Å². The third-order valence-electron chi connectivity index (χ3n) is 5.07. The Kier molecular flexibility index (Phi) is 8.20. The Balaban J connectivity index is 1.90. The Morgan fingerprint density at radius 1 is 1.12 bits per heavy atom. The number of sulfone groups is 1. The van der Waals surface area contributed by atoms with Gasteiger partial charge in [0.15, 0.2) is 14.6 Å². The molecule has 2 heterocycles. The molecule has 1 fully saturated rings. The van der Waals surface area contributed by atoms with Gasteiger partial charge in [0.1, 0.15) is 18.1 Å². The van der Waals surface area contributed by atoms with Crippen LogP contribution in [0.3, 0.4) is 0 Å². The van der Waals surface area contributed by atoms with Crippen LogP contribution in [0.15, 0.2) is 23.2 Å². The number of aromatic nitrogens is 1. The summed E-state index contributed by atoms with van der Waals surface area (Å²) in [5, 5.41) is 0. The largest absolute Gasteiger partial charge is 0.468 e. The minimum atomic E-state index is -4.02. The van der Waals surface area contributed by atoms with Crippen LogP contribution < -0.4 is 4.80 Å². The van der Waals surface area contributed by atoms with Gasteiger partial charge in [0.25, 0.3) is 5.91 Å². The van der Waals surface area contributed by atoms with Crippen molar-refractivity contribution in [1.82, 2.24) is 9.47 Å². The zero-order valence-corrected chi connectivity index (χ0v) is 20.4. The zero-order valence-electron chi connectivity index (χ0n) is 18.8. The fraction of sp³-hybridized carbons (Fsp3) is 0.476. The average molecular weight is 512 g/mol. The molecule has 0 unspecified atom stereocenters. The third-order valence-corrected chi connectivity index (χ3v) is 7.49. The van der Waals surface area contributed by atoms with Crippen LogP contribution in [0, 0.1) is 0 Å². The lowest BCUT2D eigenvalue weighted by Crippen LogP contribution is -2.35. The number of hydrogen-bond acceptors (Lipinski definition) is 9. The first kappa shape index (κ1) is 25.6. The van der Waals surface area contributed by atoms with E-state index in [0.29, 0.717) is 23.3 Å². The van der Waals surface area contributed by atoms with Crippen molar-refractivity contribution < 1.29 is 37.1 Å². The molecule has 1 aromatic carbocycles. The molecule has 11 nitrogen and oxygen atoms in total. The number of hydrogen-bond donors (Lipinski definition) is 0. The van der Waals surface area contributed by atoms with Crippen molar-refractivity contribution in [2.45, 2.75) is 26.3 Å². The number of nitrogens with zero attached hydrogens (tertiary/aromatic N) is 3. The molecule has 2 amide bonds. The monoisotopic (exact) mass is 511 g/mol. The van der Waals surface area contributed by atoms with Crippen LogP contribution >= 0.6 is 11.3 Å². The summed E-state index contributed by atoms with van der Waals surface area (Å²) < 4.78 is 36.4. The highest BCUT2D eigenvalue weighted by atomic mass is 32.2. The fourth-order valence-corrected chi connectivity index (χ4v) is 5.66. The van der Waals surface area contributed by atoms with Crippen molar-refractivity contribution in [3.63, 3.8) is 0 Å². The van der Waals surface area contributed by atoms with Gasteiger partial charge in [-0.15, -0.1) is 0 Å². The van der Waals surface area contributed by atoms with Crippen LogP contribution in [-0.4, -0.2) is 79.9 Å². The number of carbonyl (C=O) groups excluding carboxylic acids is 4. The second kappa shape index (κ2) is 10.9. The van der Waals surface area contributed by atoms with Crippen LogP contribution in [-0.2, 0) is 40.2 Å². The molecule has 0 aliphatic carbocycles. The summed E-state index contributed by atoms with van der Waals surface area (Å²) in [5.41, 5.74) is 0.781. The maximum Gasteiger partial charge on any atom is 0.338 e. The van der Waals surface area contributed by atoms with Gasteiger partial charge in [0.2, 0.25) is 5.91 Å². The highest BCUT2D eigenvalue weighted by Crippen LogP contribution is 2.20. The number of carbonyl (C=O) groups is 4. The van der Waals surface area contributed by atoms with Crippen molar-refractivity contribution in [2.75, 3.05) is 38.3 Å². The maximum atomic E-state index is 12.5. The summed E-state index contributed by atoms with van der Waals surface area (Å²) in [7, 11) is -2.81. The first-order valence-electron chi connectivity index (χ1n) is 10.6. The Hall–Kier alpha value is -3.06. The van der Waals surface area contributed by atoms with Crippen LogP contribution in [0.2, 0.25) is 0 Å². The molecule has 0 radical (unpaired) electrons. The molecule has 1 saturated heterocycles. The fourth-order valence-electron chi connectivity index (χ4n) is 3.47. The molecule has 13 heteroatoms. The number of rotatable bonds is 8. The molecule has 184 valence electrons. The number of thiazole rings is 1. The van der Waals surface area contributed by atoms with Gasteiger partial charge in [0.05, 0.1) is 29.5 Å². The SMILES string of the molecule is CCOC(=O)c1ccc2c(c1)sc(=NC(=O)CS(=O)(=O)CC(=O)N1CCCC1)n2CC(=O)OC. The Bertz CT molecular complexity index is 1290. The smallest absolute Gasteiger partial charge is 0.338 e. The van der Waals surface area contributed by atoms with E-state index in [1.165, 1.54) is 22.6 Å². The van der Waals surface area contributed by atoms with Gasteiger partial charge in [-0.2, -0.15) is 4.99 Å². The zero-order chi connectivity index (χ0) is 24.9. The van der Waals surface area contributed by atoms with Crippen molar-refractivity contribution in [3.05, 3.63) is 28.6 Å². The summed E-state index contributed by atoms with van der Waals surface area (Å²) >= 11 is 1.00. The van der Waals surface area contributed by atoms with E-state index in [-0.39, 0.29) is 23.5 Å². The molecular weight excluding hydrogens is 486 g/mol. The first-order chi connectivity index (χ1) is 16.1. The average Bonchev–Trinajstić information content (AvgIpc) is 3.41. The molecular formula is C21H25N3O8S2. The molecule has 1 aliphatic rings. The standard InChI is InChI=1S/C21H25N3O8S2/c1-3-32-20(28)14-6-7-15-16(10-14)33-21(24(15)11-19(27)31-2)22-17(25)12-34(29,30)13-18(26)23-8-4-5-9-23/h6-7,10H,3-5,8-9,11-13H2,1-2H3. The molecule has 0 spiro atoms. The second-order valence-electron chi connectivity index (χ2n) is 7.58. The van der Waals surface area contributed by atoms with Crippen LogP contribution in [0.25, 0.3) is 10.2 Å². The lowest BCUT2D eigenvalue weighted by molar-refractivity contribution is -0.141. The second-order valence-corrected chi connectivity index (χ2v) is 10.6. The maximum absolute atomic E-state index is 12.5. The van der Waals surface area contributed by atoms with E-state index < -0.39 is 45.1 Å². The summed E-state index contributed by atoms with van der Waals surface area (Å²) in [6.07, 6.45) is 1.65. The van der Waals surface area contributed by atoms with E-state index >= 15 is 0 Å². The van der Waals surface area contributed by atoms with E-state index in [2.05, 4.69) is 4.99 Å². The molecule has 2 aromatic rings. The van der Waals surface area contributed by atoms with E-state index in [0.717, 1.165) is 24.2 Å². The lowest BCUT2D eigenvalue weighted by Gasteiger charge is -2.14. The normalized spacial score (nSPS) is 14.4. The molecule has 0 N–H and O–H groups in total. The minimum Gasteiger partial charge on any atom is -0.468 e. The summed E-state index contributed by atoms with van der Waals surface area (Å²) in [5.74, 6) is -4.32. The summed E-state index contributed by atoms with van der Waals surface area (Å²) in [6.45, 7) is 2.63. The molecule has 0 saturated carbocycles. The van der Waals surface area contributed by atoms with Gasteiger partial charge >= 0.3 is 11.9 Å². The van der Waals surface area contributed by atoms with Gasteiger partial charge in [-0.1, -0.05) is 11.3 Å². The molecule has 3 rings (SSSR count). The predicted molar refractivity (Wildman–Crippen MR) is 123 cm³/mol.